The maximum absolute atomic E-state index is 12.9. The summed E-state index contributed by atoms with van der Waals surface area (Å²) in [7, 11) is 3.18. The van der Waals surface area contributed by atoms with Crippen LogP contribution in [-0.4, -0.2) is 19.1 Å². The maximum atomic E-state index is 12.9. The molecular weight excluding hydrogens is 372 g/mol. The number of aryl methyl sites for hydroxylation is 2. The molecule has 0 saturated heterocycles. The van der Waals surface area contributed by atoms with Crippen LogP contribution in [-0.2, 0) is 19.8 Å². The van der Waals surface area contributed by atoms with Gasteiger partial charge in [0.2, 0.25) is 0 Å². The van der Waals surface area contributed by atoms with Gasteiger partial charge in [0.15, 0.2) is 5.65 Å². The molecule has 4 rings (SSSR count). The summed E-state index contributed by atoms with van der Waals surface area (Å²) in [5, 5.41) is 1.11. The molecule has 0 radical (unpaired) electrons. The van der Waals surface area contributed by atoms with Gasteiger partial charge in [0.25, 0.3) is 5.56 Å². The zero-order chi connectivity index (χ0) is 19.8. The van der Waals surface area contributed by atoms with Gasteiger partial charge in [-0.15, -0.1) is 11.8 Å². The predicted octanol–water partition coefficient (Wildman–Crippen LogP) is 3.29. The van der Waals surface area contributed by atoms with E-state index in [4.69, 9.17) is 4.98 Å². The zero-order valence-corrected chi connectivity index (χ0v) is 17.3. The highest BCUT2D eigenvalue weighted by molar-refractivity contribution is 7.98. The third-order valence-electron chi connectivity index (χ3n) is 5.63. The molecule has 0 spiro atoms. The second-order valence-electron chi connectivity index (χ2n) is 7.49. The van der Waals surface area contributed by atoms with Crippen molar-refractivity contribution in [1.29, 1.82) is 0 Å². The molecule has 1 aliphatic rings. The van der Waals surface area contributed by atoms with Crippen molar-refractivity contribution in [2.75, 3.05) is 0 Å². The van der Waals surface area contributed by atoms with Crippen molar-refractivity contribution < 1.29 is 0 Å². The van der Waals surface area contributed by atoms with Crippen molar-refractivity contribution in [3.05, 3.63) is 62.1 Å². The van der Waals surface area contributed by atoms with Crippen LogP contribution in [0.15, 0.2) is 38.9 Å². The van der Waals surface area contributed by atoms with Crippen LogP contribution in [0.4, 0.5) is 0 Å². The Bertz CT molecular complexity index is 1160. The fourth-order valence-electron chi connectivity index (χ4n) is 3.83. The van der Waals surface area contributed by atoms with Crippen molar-refractivity contribution in [1.82, 2.24) is 19.1 Å². The number of nitrogens with zero attached hydrogens (tertiary/aromatic N) is 4. The van der Waals surface area contributed by atoms with Gasteiger partial charge in [0.05, 0.1) is 0 Å². The van der Waals surface area contributed by atoms with Crippen molar-refractivity contribution in [2.45, 2.75) is 49.3 Å². The van der Waals surface area contributed by atoms with Crippen molar-refractivity contribution in [3.63, 3.8) is 0 Å². The third-order valence-corrected chi connectivity index (χ3v) is 6.65. The first-order valence-corrected chi connectivity index (χ1v) is 10.6. The minimum absolute atomic E-state index is 0.307. The van der Waals surface area contributed by atoms with Gasteiger partial charge >= 0.3 is 5.69 Å². The van der Waals surface area contributed by atoms with Crippen LogP contribution in [0, 0.1) is 6.92 Å². The molecule has 2 heterocycles. The number of hydrogen-bond acceptors (Lipinski definition) is 5. The molecule has 146 valence electrons. The third kappa shape index (κ3) is 3.28. The molecule has 6 nitrogen and oxygen atoms in total. The highest BCUT2D eigenvalue weighted by Crippen LogP contribution is 2.35. The fourth-order valence-corrected chi connectivity index (χ4v) is 4.93. The number of hydrogen-bond donors (Lipinski definition) is 0. The van der Waals surface area contributed by atoms with Gasteiger partial charge in [-0.25, -0.2) is 14.8 Å². The summed E-state index contributed by atoms with van der Waals surface area (Å²) in [6, 6.07) is 8.22. The summed E-state index contributed by atoms with van der Waals surface area (Å²) in [5.74, 6) is 1.79. The monoisotopic (exact) mass is 396 g/mol. The maximum Gasteiger partial charge on any atom is 0.332 e. The molecule has 28 heavy (non-hydrogen) atoms. The lowest BCUT2D eigenvalue weighted by molar-refractivity contribution is 0.648. The van der Waals surface area contributed by atoms with Crippen molar-refractivity contribution >= 4 is 22.8 Å². The number of fused-ring (bicyclic) bond motifs is 1. The largest absolute Gasteiger partial charge is 0.332 e. The number of benzene rings is 1. The van der Waals surface area contributed by atoms with Gasteiger partial charge in [0, 0.05) is 25.8 Å². The van der Waals surface area contributed by atoms with Gasteiger partial charge in [-0.2, -0.15) is 0 Å². The second-order valence-corrected chi connectivity index (χ2v) is 8.45. The highest BCUT2D eigenvalue weighted by atomic mass is 32.2. The van der Waals surface area contributed by atoms with E-state index >= 15 is 0 Å². The average Bonchev–Trinajstić information content (AvgIpc) is 3.24. The Kier molecular flexibility index (Phi) is 5.10. The Morgan fingerprint density at radius 3 is 2.50 bits per heavy atom. The SMILES string of the molecule is Cc1ccccc1CSc1nc(C2CCCC2)nc2c1c(=O)n(C)c(=O)n2C. The van der Waals surface area contributed by atoms with Crippen molar-refractivity contribution in [2.24, 2.45) is 14.1 Å². The van der Waals surface area contributed by atoms with E-state index in [1.54, 1.807) is 18.8 Å². The first-order chi connectivity index (χ1) is 13.5. The van der Waals surface area contributed by atoms with Crippen LogP contribution < -0.4 is 11.2 Å². The van der Waals surface area contributed by atoms with Crippen LogP contribution >= 0.6 is 11.8 Å². The smallest absolute Gasteiger partial charge is 0.280 e. The summed E-state index contributed by atoms with van der Waals surface area (Å²) < 4.78 is 2.60. The van der Waals surface area contributed by atoms with Gasteiger partial charge < -0.3 is 0 Å². The molecule has 0 unspecified atom stereocenters. The molecular formula is C21H24N4O2S. The van der Waals surface area contributed by atoms with Crippen molar-refractivity contribution in [3.8, 4) is 0 Å². The highest BCUT2D eigenvalue weighted by Gasteiger charge is 2.24. The minimum atomic E-state index is -0.358. The zero-order valence-electron chi connectivity index (χ0n) is 16.4. The number of thioether (sulfide) groups is 1. The van der Waals surface area contributed by atoms with Crippen LogP contribution in [0.2, 0.25) is 0 Å². The summed E-state index contributed by atoms with van der Waals surface area (Å²) in [6.45, 7) is 2.08. The molecule has 0 amide bonds. The van der Waals surface area contributed by atoms with Gasteiger partial charge in [-0.1, -0.05) is 37.1 Å². The van der Waals surface area contributed by atoms with E-state index in [0.717, 1.165) is 29.0 Å². The molecule has 1 fully saturated rings. The lowest BCUT2D eigenvalue weighted by Crippen LogP contribution is -2.38. The molecule has 1 aromatic carbocycles. The molecule has 0 aliphatic heterocycles. The predicted molar refractivity (Wildman–Crippen MR) is 112 cm³/mol. The molecule has 2 aromatic heterocycles. The van der Waals surface area contributed by atoms with E-state index in [1.165, 1.54) is 35.6 Å². The molecule has 7 heteroatoms. The van der Waals surface area contributed by atoms with Crippen LogP contribution in [0.25, 0.3) is 11.0 Å². The van der Waals surface area contributed by atoms with Gasteiger partial charge in [-0.3, -0.25) is 13.9 Å². The average molecular weight is 397 g/mol. The molecule has 0 N–H and O–H groups in total. The summed E-state index contributed by atoms with van der Waals surface area (Å²) in [5.41, 5.74) is 2.18. The van der Waals surface area contributed by atoms with Gasteiger partial charge in [0.1, 0.15) is 16.2 Å². The van der Waals surface area contributed by atoms with E-state index in [0.29, 0.717) is 22.0 Å². The summed E-state index contributed by atoms with van der Waals surface area (Å²) >= 11 is 1.55. The van der Waals surface area contributed by atoms with Crippen LogP contribution in [0.3, 0.4) is 0 Å². The van der Waals surface area contributed by atoms with E-state index in [-0.39, 0.29) is 11.2 Å². The normalized spacial score (nSPS) is 14.8. The first kappa shape index (κ1) is 18.9. The molecule has 1 saturated carbocycles. The fraction of sp³-hybridized carbons (Fsp3) is 0.429. The van der Waals surface area contributed by atoms with Gasteiger partial charge in [-0.05, 0) is 30.9 Å². The quantitative estimate of drug-likeness (QED) is 0.500. The standard InChI is InChI=1S/C21H24N4O2S/c1-13-8-4-5-11-15(13)12-28-19-16-18(24(2)21(27)25(3)20(16)26)22-17(23-19)14-9-6-7-10-14/h4-5,8,11,14H,6-7,9-10,12H2,1-3H3. The number of aromatic nitrogens is 4. The Labute approximate surface area is 167 Å². The second kappa shape index (κ2) is 7.54. The Morgan fingerprint density at radius 2 is 1.79 bits per heavy atom. The van der Waals surface area contributed by atoms with E-state index < -0.39 is 0 Å². The lowest BCUT2D eigenvalue weighted by atomic mass is 10.1. The van der Waals surface area contributed by atoms with E-state index in [1.807, 2.05) is 12.1 Å². The minimum Gasteiger partial charge on any atom is -0.280 e. The van der Waals surface area contributed by atoms with E-state index in [9.17, 15) is 9.59 Å². The topological polar surface area (TPSA) is 69.8 Å². The Hall–Kier alpha value is -2.41. The molecule has 1 aliphatic carbocycles. The molecule has 0 bridgehead atoms. The van der Waals surface area contributed by atoms with Crippen LogP contribution in [0.1, 0.15) is 48.6 Å². The Balaban J connectivity index is 1.88. The summed E-state index contributed by atoms with van der Waals surface area (Å²) in [6.07, 6.45) is 4.47. The molecule has 0 atom stereocenters. The molecule has 3 aromatic rings. The number of rotatable bonds is 4. The van der Waals surface area contributed by atoms with Crippen LogP contribution in [0.5, 0.6) is 0 Å². The lowest BCUT2D eigenvalue weighted by Gasteiger charge is -2.14. The van der Waals surface area contributed by atoms with E-state index in [2.05, 4.69) is 24.0 Å². The summed E-state index contributed by atoms with van der Waals surface area (Å²) in [4.78, 5) is 34.8. The first-order valence-electron chi connectivity index (χ1n) is 9.62. The Morgan fingerprint density at radius 1 is 1.07 bits per heavy atom.